The van der Waals surface area contributed by atoms with Gasteiger partial charge in [0.25, 0.3) is 5.91 Å². The van der Waals surface area contributed by atoms with Gasteiger partial charge < -0.3 is 14.8 Å². The predicted octanol–water partition coefficient (Wildman–Crippen LogP) is 4.70. The van der Waals surface area contributed by atoms with E-state index in [1.807, 2.05) is 19.9 Å². The Labute approximate surface area is 163 Å². The topological polar surface area (TPSA) is 64.6 Å². The fourth-order valence-electron chi connectivity index (χ4n) is 3.33. The molecule has 1 amide bonds. The maximum Gasteiger partial charge on any atom is 0.341 e. The van der Waals surface area contributed by atoms with Crippen molar-refractivity contribution in [3.8, 4) is 5.75 Å². The van der Waals surface area contributed by atoms with Gasteiger partial charge in [-0.15, -0.1) is 11.3 Å². The van der Waals surface area contributed by atoms with Gasteiger partial charge in [0.05, 0.1) is 24.3 Å². The van der Waals surface area contributed by atoms with Gasteiger partial charge in [0, 0.05) is 4.88 Å². The first-order chi connectivity index (χ1) is 12.9. The first-order valence-corrected chi connectivity index (χ1v) is 10.0. The fraction of sp³-hybridized carbons (Fsp3) is 0.429. The molecule has 3 rings (SSSR count). The molecule has 1 N–H and O–H groups in total. The zero-order valence-corrected chi connectivity index (χ0v) is 16.9. The summed E-state index contributed by atoms with van der Waals surface area (Å²) in [5.41, 5.74) is 1.97. The van der Waals surface area contributed by atoms with Gasteiger partial charge in [-0.3, -0.25) is 4.79 Å². The number of hydrogen-bond acceptors (Lipinski definition) is 5. The van der Waals surface area contributed by atoms with Crippen LogP contribution in [-0.4, -0.2) is 25.1 Å². The lowest BCUT2D eigenvalue weighted by Gasteiger charge is -2.19. The summed E-state index contributed by atoms with van der Waals surface area (Å²) < 4.78 is 10.7. The average molecular weight is 388 g/mol. The maximum absolute atomic E-state index is 12.8. The number of ether oxygens (including phenoxy) is 2. The monoisotopic (exact) mass is 387 g/mol. The summed E-state index contributed by atoms with van der Waals surface area (Å²) in [7, 11) is 1.53. The largest absolute Gasteiger partial charge is 0.496 e. The molecule has 0 fully saturated rings. The highest BCUT2D eigenvalue weighted by Gasteiger charge is 2.30. The van der Waals surface area contributed by atoms with E-state index in [0.717, 1.165) is 24.8 Å². The maximum atomic E-state index is 12.8. The van der Waals surface area contributed by atoms with Crippen LogP contribution in [0.5, 0.6) is 5.75 Å². The molecule has 1 heterocycles. The number of carbonyl (C=O) groups excluding carboxylic acids is 2. The van der Waals surface area contributed by atoms with Crippen molar-refractivity contribution in [3.63, 3.8) is 0 Å². The Bertz CT molecular complexity index is 856. The lowest BCUT2D eigenvalue weighted by Crippen LogP contribution is -2.19. The van der Waals surface area contributed by atoms with E-state index in [1.165, 1.54) is 23.3 Å². The molecule has 0 bridgehead atoms. The highest BCUT2D eigenvalue weighted by Crippen LogP contribution is 2.40. The predicted molar refractivity (Wildman–Crippen MR) is 107 cm³/mol. The number of amides is 1. The van der Waals surface area contributed by atoms with E-state index in [0.29, 0.717) is 27.8 Å². The van der Waals surface area contributed by atoms with Crippen LogP contribution >= 0.6 is 11.3 Å². The van der Waals surface area contributed by atoms with Gasteiger partial charge in [-0.05, 0) is 56.7 Å². The summed E-state index contributed by atoms with van der Waals surface area (Å²) >= 11 is 1.48. The van der Waals surface area contributed by atoms with E-state index in [-0.39, 0.29) is 18.0 Å². The number of rotatable bonds is 5. The SMILES string of the molecule is COc1ccccc1C(=O)Nc1sc2c(c1C(=O)OC(C)C)CCC(C)C2. The quantitative estimate of drug-likeness (QED) is 0.756. The minimum Gasteiger partial charge on any atom is -0.496 e. The molecule has 1 unspecified atom stereocenters. The van der Waals surface area contributed by atoms with E-state index in [2.05, 4.69) is 12.2 Å². The zero-order valence-electron chi connectivity index (χ0n) is 16.1. The number of para-hydroxylation sites is 1. The molecule has 0 radical (unpaired) electrons. The van der Waals surface area contributed by atoms with Crippen molar-refractivity contribution < 1.29 is 19.1 Å². The van der Waals surface area contributed by atoms with Crippen LogP contribution in [0.4, 0.5) is 5.00 Å². The standard InChI is InChI=1S/C21H25NO4S/c1-12(2)26-21(24)18-15-10-9-13(3)11-17(15)27-20(18)22-19(23)14-7-5-6-8-16(14)25-4/h5-8,12-13H,9-11H2,1-4H3,(H,22,23). The number of nitrogens with one attached hydrogen (secondary N) is 1. The number of carbonyl (C=O) groups is 2. The Balaban J connectivity index is 1.96. The highest BCUT2D eigenvalue weighted by atomic mass is 32.1. The molecule has 6 heteroatoms. The minimum atomic E-state index is -0.368. The zero-order chi connectivity index (χ0) is 19.6. The van der Waals surface area contributed by atoms with Gasteiger partial charge in [-0.25, -0.2) is 4.79 Å². The second-order valence-corrected chi connectivity index (χ2v) is 8.27. The molecule has 0 spiro atoms. The van der Waals surface area contributed by atoms with Crippen molar-refractivity contribution in [2.75, 3.05) is 12.4 Å². The van der Waals surface area contributed by atoms with Crippen LogP contribution in [0.3, 0.4) is 0 Å². The molecule has 1 aromatic heterocycles. The molecule has 1 aromatic carbocycles. The van der Waals surface area contributed by atoms with Crippen LogP contribution in [0, 0.1) is 5.92 Å². The van der Waals surface area contributed by atoms with Crippen LogP contribution in [-0.2, 0) is 17.6 Å². The van der Waals surface area contributed by atoms with Gasteiger partial charge in [-0.1, -0.05) is 19.1 Å². The second-order valence-electron chi connectivity index (χ2n) is 7.16. The van der Waals surface area contributed by atoms with Crippen LogP contribution in [0.1, 0.15) is 58.3 Å². The molecule has 144 valence electrons. The van der Waals surface area contributed by atoms with Crippen LogP contribution in [0.2, 0.25) is 0 Å². The summed E-state index contributed by atoms with van der Waals surface area (Å²) in [6.07, 6.45) is 2.58. The number of fused-ring (bicyclic) bond motifs is 1. The van der Waals surface area contributed by atoms with E-state index < -0.39 is 0 Å². The molecule has 0 saturated heterocycles. The molecule has 0 saturated carbocycles. The molecule has 0 aliphatic heterocycles. The lowest BCUT2D eigenvalue weighted by atomic mass is 9.88. The Kier molecular flexibility index (Phi) is 5.85. The van der Waals surface area contributed by atoms with Crippen molar-refractivity contribution in [2.45, 2.75) is 46.1 Å². The van der Waals surface area contributed by atoms with Gasteiger partial charge in [0.15, 0.2) is 0 Å². The second kappa shape index (κ2) is 8.13. The highest BCUT2D eigenvalue weighted by molar-refractivity contribution is 7.17. The third-order valence-electron chi connectivity index (χ3n) is 4.64. The molecule has 27 heavy (non-hydrogen) atoms. The third kappa shape index (κ3) is 4.16. The number of esters is 1. The summed E-state index contributed by atoms with van der Waals surface area (Å²) in [5.74, 6) is 0.407. The Morgan fingerprint density at radius 3 is 2.70 bits per heavy atom. The third-order valence-corrected chi connectivity index (χ3v) is 5.81. The van der Waals surface area contributed by atoms with E-state index >= 15 is 0 Å². The minimum absolute atomic E-state index is 0.215. The van der Waals surface area contributed by atoms with Crippen molar-refractivity contribution in [1.82, 2.24) is 0 Å². The molecule has 5 nitrogen and oxygen atoms in total. The number of benzene rings is 1. The molecular weight excluding hydrogens is 362 g/mol. The van der Waals surface area contributed by atoms with Crippen LogP contribution in [0.25, 0.3) is 0 Å². The summed E-state index contributed by atoms with van der Waals surface area (Å²) in [6.45, 7) is 5.86. The summed E-state index contributed by atoms with van der Waals surface area (Å²) in [6, 6.07) is 7.04. The van der Waals surface area contributed by atoms with Crippen LogP contribution in [0.15, 0.2) is 24.3 Å². The normalized spacial score (nSPS) is 16.0. The van der Waals surface area contributed by atoms with Gasteiger partial charge >= 0.3 is 5.97 Å². The van der Waals surface area contributed by atoms with E-state index in [4.69, 9.17) is 9.47 Å². The van der Waals surface area contributed by atoms with E-state index in [9.17, 15) is 9.59 Å². The Morgan fingerprint density at radius 1 is 1.26 bits per heavy atom. The molecule has 1 aliphatic rings. The van der Waals surface area contributed by atoms with Crippen molar-refractivity contribution in [2.24, 2.45) is 5.92 Å². The fourth-order valence-corrected chi connectivity index (χ4v) is 4.72. The van der Waals surface area contributed by atoms with Gasteiger partial charge in [0.2, 0.25) is 0 Å². The molecule has 2 aromatic rings. The van der Waals surface area contributed by atoms with Gasteiger partial charge in [-0.2, -0.15) is 0 Å². The molecular formula is C21H25NO4S. The average Bonchev–Trinajstić information content (AvgIpc) is 2.97. The number of thiophene rings is 1. The van der Waals surface area contributed by atoms with Gasteiger partial charge in [0.1, 0.15) is 10.8 Å². The summed E-state index contributed by atoms with van der Waals surface area (Å²) in [4.78, 5) is 26.7. The molecule has 1 aliphatic carbocycles. The number of methoxy groups -OCH3 is 1. The number of hydrogen-bond donors (Lipinski definition) is 1. The smallest absolute Gasteiger partial charge is 0.341 e. The first-order valence-electron chi connectivity index (χ1n) is 9.20. The molecule has 1 atom stereocenters. The van der Waals surface area contributed by atoms with Crippen molar-refractivity contribution in [3.05, 3.63) is 45.8 Å². The Hall–Kier alpha value is -2.34. The van der Waals surface area contributed by atoms with E-state index in [1.54, 1.807) is 18.2 Å². The Morgan fingerprint density at radius 2 is 2.00 bits per heavy atom. The van der Waals surface area contributed by atoms with Crippen molar-refractivity contribution >= 4 is 28.2 Å². The number of anilines is 1. The van der Waals surface area contributed by atoms with Crippen molar-refractivity contribution in [1.29, 1.82) is 0 Å². The lowest BCUT2D eigenvalue weighted by molar-refractivity contribution is 0.0378. The summed E-state index contributed by atoms with van der Waals surface area (Å²) in [5, 5.41) is 3.49. The van der Waals surface area contributed by atoms with Crippen LogP contribution < -0.4 is 10.1 Å². The first kappa shape index (κ1) is 19.4.